The van der Waals surface area contributed by atoms with E-state index in [2.05, 4.69) is 0 Å². The molecule has 0 amide bonds. The second-order valence-corrected chi connectivity index (χ2v) is 4.59. The highest BCUT2D eigenvalue weighted by Gasteiger charge is 2.15. The fourth-order valence-electron chi connectivity index (χ4n) is 2.10. The molecule has 0 atom stereocenters. The van der Waals surface area contributed by atoms with Crippen molar-refractivity contribution in [2.75, 3.05) is 0 Å². The van der Waals surface area contributed by atoms with Gasteiger partial charge >= 0.3 is 0 Å². The van der Waals surface area contributed by atoms with E-state index in [0.29, 0.717) is 0 Å². The van der Waals surface area contributed by atoms with Crippen LogP contribution in [0.5, 0.6) is 0 Å². The van der Waals surface area contributed by atoms with Gasteiger partial charge in [-0.25, -0.2) is 8.78 Å². The highest BCUT2D eigenvalue weighted by atomic mass is 19.1. The van der Waals surface area contributed by atoms with Crippen molar-refractivity contribution in [3.63, 3.8) is 0 Å². The molecule has 0 fully saturated rings. The lowest BCUT2D eigenvalue weighted by Gasteiger charge is -2.09. The summed E-state index contributed by atoms with van der Waals surface area (Å²) in [5.74, 6) is -1.83. The Morgan fingerprint density at radius 3 is 2.26 bits per heavy atom. The van der Waals surface area contributed by atoms with Gasteiger partial charge in [0.15, 0.2) is 5.78 Å². The van der Waals surface area contributed by atoms with Crippen LogP contribution in [-0.2, 0) is 6.42 Å². The van der Waals surface area contributed by atoms with Gasteiger partial charge in [0.2, 0.25) is 0 Å². The van der Waals surface area contributed by atoms with Crippen LogP contribution >= 0.6 is 0 Å². The van der Waals surface area contributed by atoms with Crippen LogP contribution in [0.1, 0.15) is 27.0 Å². The Kier molecular flexibility index (Phi) is 3.74. The van der Waals surface area contributed by atoms with E-state index in [0.717, 1.165) is 28.8 Å². The third-order valence-corrected chi connectivity index (χ3v) is 3.21. The van der Waals surface area contributed by atoms with Gasteiger partial charge in [-0.3, -0.25) is 4.79 Å². The van der Waals surface area contributed by atoms with Crippen LogP contribution < -0.4 is 0 Å². The van der Waals surface area contributed by atoms with Crippen molar-refractivity contribution >= 4 is 5.78 Å². The Morgan fingerprint density at radius 2 is 1.68 bits per heavy atom. The van der Waals surface area contributed by atoms with Gasteiger partial charge in [-0.05, 0) is 42.7 Å². The lowest BCUT2D eigenvalue weighted by atomic mass is 9.95. The molecular weight excluding hydrogens is 246 g/mol. The Labute approximate surface area is 110 Å². The number of benzene rings is 2. The molecule has 0 bridgehead atoms. The molecule has 0 saturated carbocycles. The van der Waals surface area contributed by atoms with Gasteiger partial charge < -0.3 is 0 Å². The van der Waals surface area contributed by atoms with Gasteiger partial charge in [0.1, 0.15) is 11.6 Å². The third kappa shape index (κ3) is 2.87. The van der Waals surface area contributed by atoms with Gasteiger partial charge in [-0.1, -0.05) is 18.2 Å². The molecule has 0 saturated heterocycles. The largest absolute Gasteiger partial charge is 0.294 e. The molecule has 2 rings (SSSR count). The first-order chi connectivity index (χ1) is 8.99. The standard InChI is InChI=1S/C16H14F2O/c1-10-4-3-5-11(2)14(10)9-16(19)13-7-6-12(17)8-15(13)18/h3-8H,9H2,1-2H3. The summed E-state index contributed by atoms with van der Waals surface area (Å²) < 4.78 is 26.4. The van der Waals surface area contributed by atoms with E-state index >= 15 is 0 Å². The number of carbonyl (C=O) groups is 1. The highest BCUT2D eigenvalue weighted by Crippen LogP contribution is 2.18. The van der Waals surface area contributed by atoms with Crippen molar-refractivity contribution in [2.45, 2.75) is 20.3 Å². The molecule has 0 heterocycles. The van der Waals surface area contributed by atoms with E-state index in [1.165, 1.54) is 6.07 Å². The lowest BCUT2D eigenvalue weighted by Crippen LogP contribution is -2.08. The zero-order valence-electron chi connectivity index (χ0n) is 10.8. The first-order valence-electron chi connectivity index (χ1n) is 6.02. The molecule has 1 nitrogen and oxygen atoms in total. The van der Waals surface area contributed by atoms with Crippen molar-refractivity contribution in [1.29, 1.82) is 0 Å². The van der Waals surface area contributed by atoms with E-state index < -0.39 is 11.6 Å². The molecule has 2 aromatic rings. The minimum Gasteiger partial charge on any atom is -0.294 e. The molecule has 0 unspecified atom stereocenters. The normalized spacial score (nSPS) is 10.5. The van der Waals surface area contributed by atoms with E-state index in [1.54, 1.807) is 0 Å². The smallest absolute Gasteiger partial charge is 0.170 e. The first kappa shape index (κ1) is 13.4. The number of carbonyl (C=O) groups excluding carboxylic acids is 1. The van der Waals surface area contributed by atoms with E-state index in [4.69, 9.17) is 0 Å². The maximum atomic E-state index is 13.5. The monoisotopic (exact) mass is 260 g/mol. The molecule has 0 radical (unpaired) electrons. The van der Waals surface area contributed by atoms with Crippen LogP contribution in [-0.4, -0.2) is 5.78 Å². The quantitative estimate of drug-likeness (QED) is 0.762. The van der Waals surface area contributed by atoms with Gasteiger partial charge in [-0.2, -0.15) is 0 Å². The zero-order valence-corrected chi connectivity index (χ0v) is 10.8. The number of halogens is 2. The first-order valence-corrected chi connectivity index (χ1v) is 6.02. The summed E-state index contributed by atoms with van der Waals surface area (Å²) in [4.78, 5) is 12.1. The minimum absolute atomic E-state index is 0.0657. The maximum Gasteiger partial charge on any atom is 0.170 e. The molecule has 19 heavy (non-hydrogen) atoms. The van der Waals surface area contributed by atoms with Crippen molar-refractivity contribution in [2.24, 2.45) is 0 Å². The van der Waals surface area contributed by atoms with Crippen LogP contribution in [0, 0.1) is 25.5 Å². The third-order valence-electron chi connectivity index (χ3n) is 3.21. The average Bonchev–Trinajstić information content (AvgIpc) is 2.33. The second-order valence-electron chi connectivity index (χ2n) is 4.59. The predicted octanol–water partition coefficient (Wildman–Crippen LogP) is 4.01. The fourth-order valence-corrected chi connectivity index (χ4v) is 2.10. The number of hydrogen-bond donors (Lipinski definition) is 0. The van der Waals surface area contributed by atoms with Crippen LogP contribution in [0.15, 0.2) is 36.4 Å². The number of aryl methyl sites for hydroxylation is 2. The Balaban J connectivity index is 2.31. The molecule has 2 aromatic carbocycles. The molecule has 0 spiro atoms. The van der Waals surface area contributed by atoms with Gasteiger partial charge in [0, 0.05) is 12.5 Å². The molecule has 98 valence electrons. The van der Waals surface area contributed by atoms with Crippen molar-refractivity contribution < 1.29 is 13.6 Å². The SMILES string of the molecule is Cc1cccc(C)c1CC(=O)c1ccc(F)cc1F. The molecule has 3 heteroatoms. The van der Waals surface area contributed by atoms with E-state index in [1.807, 2.05) is 32.0 Å². The second kappa shape index (κ2) is 5.31. The summed E-state index contributed by atoms with van der Waals surface area (Å²) in [5, 5.41) is 0. The van der Waals surface area contributed by atoms with E-state index in [9.17, 15) is 13.6 Å². The average molecular weight is 260 g/mol. The fraction of sp³-hybridized carbons (Fsp3) is 0.188. The summed E-state index contributed by atoms with van der Waals surface area (Å²) >= 11 is 0. The number of hydrogen-bond acceptors (Lipinski definition) is 1. The predicted molar refractivity (Wildman–Crippen MR) is 70.3 cm³/mol. The topological polar surface area (TPSA) is 17.1 Å². The molecule has 0 aliphatic carbocycles. The summed E-state index contributed by atoms with van der Waals surface area (Å²) in [6, 6.07) is 8.77. The molecular formula is C16H14F2O. The summed E-state index contributed by atoms with van der Waals surface area (Å²) in [7, 11) is 0. The summed E-state index contributed by atoms with van der Waals surface area (Å²) in [5.41, 5.74) is 2.83. The van der Waals surface area contributed by atoms with Crippen molar-refractivity contribution in [3.05, 3.63) is 70.3 Å². The summed E-state index contributed by atoms with van der Waals surface area (Å²) in [6.07, 6.45) is 0.126. The van der Waals surface area contributed by atoms with Crippen LogP contribution in [0.3, 0.4) is 0 Å². The number of rotatable bonds is 3. The molecule has 0 aliphatic rings. The zero-order chi connectivity index (χ0) is 14.0. The number of Topliss-reactive ketones (excluding diaryl/α,β-unsaturated/α-hetero) is 1. The Morgan fingerprint density at radius 1 is 1.05 bits per heavy atom. The van der Waals surface area contributed by atoms with E-state index in [-0.39, 0.29) is 17.8 Å². The number of ketones is 1. The Hall–Kier alpha value is -2.03. The highest BCUT2D eigenvalue weighted by molar-refractivity contribution is 5.98. The molecule has 0 aromatic heterocycles. The summed E-state index contributed by atoms with van der Waals surface area (Å²) in [6.45, 7) is 3.83. The Bertz CT molecular complexity index is 612. The van der Waals surface area contributed by atoms with Gasteiger partial charge in [0.25, 0.3) is 0 Å². The van der Waals surface area contributed by atoms with Gasteiger partial charge in [0.05, 0.1) is 5.56 Å². The molecule has 0 aliphatic heterocycles. The van der Waals surface area contributed by atoms with Crippen LogP contribution in [0.2, 0.25) is 0 Å². The van der Waals surface area contributed by atoms with Crippen LogP contribution in [0.25, 0.3) is 0 Å². The van der Waals surface area contributed by atoms with Gasteiger partial charge in [-0.15, -0.1) is 0 Å². The lowest BCUT2D eigenvalue weighted by molar-refractivity contribution is 0.0988. The minimum atomic E-state index is -0.809. The maximum absolute atomic E-state index is 13.5. The van der Waals surface area contributed by atoms with Crippen molar-refractivity contribution in [1.82, 2.24) is 0 Å². The van der Waals surface area contributed by atoms with Crippen LogP contribution in [0.4, 0.5) is 8.78 Å². The van der Waals surface area contributed by atoms with Crippen molar-refractivity contribution in [3.8, 4) is 0 Å². The molecule has 0 N–H and O–H groups in total.